The van der Waals surface area contributed by atoms with E-state index in [1.807, 2.05) is 0 Å². The van der Waals surface area contributed by atoms with Crippen LogP contribution in [0.1, 0.15) is 36.6 Å². The number of alkyl halides is 14. The molecular formula is C16H11F14O. The molecule has 1 unspecified atom stereocenters. The summed E-state index contributed by atoms with van der Waals surface area (Å²) in [6.45, 7) is 1.95. The number of hydrogen-bond donors (Lipinski definition) is 0. The smallest absolute Gasteiger partial charge is 0.228 e. The van der Waals surface area contributed by atoms with Crippen LogP contribution in [0.15, 0.2) is 18.2 Å². The van der Waals surface area contributed by atoms with Gasteiger partial charge in [0.25, 0.3) is 0 Å². The van der Waals surface area contributed by atoms with Gasteiger partial charge < -0.3 is 0 Å². The van der Waals surface area contributed by atoms with E-state index in [1.165, 1.54) is 0 Å². The third-order valence-electron chi connectivity index (χ3n) is 4.17. The van der Waals surface area contributed by atoms with Gasteiger partial charge in [0.2, 0.25) is 0 Å². The Balaban J connectivity index is 3.92. The van der Waals surface area contributed by atoms with Crippen LogP contribution in [-0.2, 0) is 17.0 Å². The first-order chi connectivity index (χ1) is 13.4. The van der Waals surface area contributed by atoms with Gasteiger partial charge in [0, 0.05) is 11.1 Å². The summed E-state index contributed by atoms with van der Waals surface area (Å²) in [6.07, 6.45) is -16.5. The molecule has 0 aromatic heterocycles. The van der Waals surface area contributed by atoms with Gasteiger partial charge in [0.1, 0.15) is 6.10 Å². The van der Waals surface area contributed by atoms with E-state index >= 15 is 0 Å². The second kappa shape index (κ2) is 7.66. The van der Waals surface area contributed by atoms with Crippen LogP contribution in [0.3, 0.4) is 0 Å². The van der Waals surface area contributed by atoms with Crippen molar-refractivity contribution < 1.29 is 66.6 Å². The maximum atomic E-state index is 14.1. The minimum Gasteiger partial charge on any atom is -0.228 e. The molecule has 179 valence electrons. The highest BCUT2D eigenvalue weighted by Gasteiger charge is 2.76. The zero-order chi connectivity index (χ0) is 25.0. The predicted molar refractivity (Wildman–Crippen MR) is 74.5 cm³/mol. The lowest BCUT2D eigenvalue weighted by molar-refractivity contribution is -0.361. The largest absolute Gasteiger partial charge is 0.460 e. The molecule has 0 saturated heterocycles. The fourth-order valence-electron chi connectivity index (χ4n) is 2.34. The van der Waals surface area contributed by atoms with Crippen LogP contribution in [-0.4, -0.2) is 24.2 Å². The van der Waals surface area contributed by atoms with Crippen molar-refractivity contribution in [2.75, 3.05) is 0 Å². The van der Waals surface area contributed by atoms with Gasteiger partial charge in [-0.1, -0.05) is 26.0 Å². The lowest BCUT2D eigenvalue weighted by Gasteiger charge is -2.33. The summed E-state index contributed by atoms with van der Waals surface area (Å²) in [5.41, 5.74) is -7.01. The molecule has 0 heterocycles. The normalized spacial score (nSPS) is 16.1. The fourth-order valence-corrected chi connectivity index (χ4v) is 2.34. The maximum Gasteiger partial charge on any atom is 0.460 e. The molecule has 1 aromatic carbocycles. The van der Waals surface area contributed by atoms with E-state index < -0.39 is 70.8 Å². The summed E-state index contributed by atoms with van der Waals surface area (Å²) in [5.74, 6) is -28.1. The number of benzene rings is 1. The Morgan fingerprint density at radius 1 is 0.645 bits per heavy atom. The minimum atomic E-state index is -7.00. The highest BCUT2D eigenvalue weighted by molar-refractivity contribution is 5.41. The van der Waals surface area contributed by atoms with Crippen LogP contribution in [0, 0.1) is 5.92 Å². The lowest BCUT2D eigenvalue weighted by atomic mass is 9.86. The van der Waals surface area contributed by atoms with Crippen molar-refractivity contribution in [3.8, 4) is 0 Å². The van der Waals surface area contributed by atoms with Crippen molar-refractivity contribution >= 4 is 0 Å². The Kier molecular flexibility index (Phi) is 6.73. The Hall–Kier alpha value is -1.80. The van der Waals surface area contributed by atoms with Crippen LogP contribution in [0.25, 0.3) is 0 Å². The second-order valence-electron chi connectivity index (χ2n) is 6.76. The number of rotatable bonds is 6. The van der Waals surface area contributed by atoms with Gasteiger partial charge in [-0.2, -0.15) is 61.5 Å². The van der Waals surface area contributed by atoms with Crippen molar-refractivity contribution in [1.82, 2.24) is 0 Å². The van der Waals surface area contributed by atoms with Crippen molar-refractivity contribution in [3.63, 3.8) is 0 Å². The van der Waals surface area contributed by atoms with E-state index in [1.54, 1.807) is 0 Å². The molecule has 0 saturated carbocycles. The molecule has 0 aliphatic carbocycles. The molecule has 0 aliphatic rings. The Morgan fingerprint density at radius 2 is 1.03 bits per heavy atom. The third-order valence-corrected chi connectivity index (χ3v) is 4.17. The molecular weight excluding hydrogens is 474 g/mol. The van der Waals surface area contributed by atoms with E-state index in [2.05, 4.69) is 0 Å². The molecule has 0 N–H and O–H groups in total. The van der Waals surface area contributed by atoms with Crippen LogP contribution in [0.5, 0.6) is 0 Å². The SMILES string of the molecule is CC(C)C([O])c1ccc(C(F)(F)C(F)(F)C(F)(F)F)cc1C(F)(F)C(F)(F)C(F)(F)F. The summed E-state index contributed by atoms with van der Waals surface area (Å²) < 4.78 is 183. The van der Waals surface area contributed by atoms with Crippen molar-refractivity contribution in [3.05, 3.63) is 34.9 Å². The van der Waals surface area contributed by atoms with Gasteiger partial charge in [-0.15, -0.1) is 0 Å². The van der Waals surface area contributed by atoms with E-state index in [9.17, 15) is 66.6 Å². The molecule has 0 bridgehead atoms. The predicted octanol–water partition coefficient (Wildman–Crippen LogP) is 7.39. The third kappa shape index (κ3) is 4.29. The Labute approximate surface area is 164 Å². The minimum absolute atomic E-state index is 0.205. The molecule has 0 spiro atoms. The quantitative estimate of drug-likeness (QED) is 0.375. The van der Waals surface area contributed by atoms with Crippen LogP contribution < -0.4 is 0 Å². The van der Waals surface area contributed by atoms with E-state index in [0.29, 0.717) is 0 Å². The first kappa shape index (κ1) is 27.2. The molecule has 1 nitrogen and oxygen atoms in total. The summed E-state index contributed by atoms with van der Waals surface area (Å²) in [6, 6.07) is -1.63. The first-order valence-corrected chi connectivity index (χ1v) is 7.90. The molecule has 1 aromatic rings. The Bertz CT molecular complexity index is 790. The average molecular weight is 485 g/mol. The van der Waals surface area contributed by atoms with Gasteiger partial charge in [0.05, 0.1) is 0 Å². The van der Waals surface area contributed by atoms with Crippen LogP contribution >= 0.6 is 0 Å². The summed E-state index contributed by atoms with van der Waals surface area (Å²) in [5, 5.41) is 12.0. The number of hydrogen-bond acceptors (Lipinski definition) is 0. The summed E-state index contributed by atoms with van der Waals surface area (Å²) in [7, 11) is 0. The molecule has 15 heteroatoms. The summed E-state index contributed by atoms with van der Waals surface area (Å²) in [4.78, 5) is 0. The summed E-state index contributed by atoms with van der Waals surface area (Å²) >= 11 is 0. The number of halogens is 14. The van der Waals surface area contributed by atoms with Crippen molar-refractivity contribution in [2.24, 2.45) is 5.92 Å². The Morgan fingerprint density at radius 3 is 1.39 bits per heavy atom. The van der Waals surface area contributed by atoms with E-state index in [4.69, 9.17) is 0 Å². The fraction of sp³-hybridized carbons (Fsp3) is 0.625. The average Bonchev–Trinajstić information content (AvgIpc) is 2.58. The topological polar surface area (TPSA) is 19.9 Å². The van der Waals surface area contributed by atoms with E-state index in [0.717, 1.165) is 13.8 Å². The zero-order valence-electron chi connectivity index (χ0n) is 15.1. The van der Waals surface area contributed by atoms with Gasteiger partial charge >= 0.3 is 36.0 Å². The van der Waals surface area contributed by atoms with Gasteiger partial charge in [-0.3, -0.25) is 0 Å². The molecule has 0 amide bonds. The highest BCUT2D eigenvalue weighted by atomic mass is 19.4. The molecule has 1 radical (unpaired) electrons. The highest BCUT2D eigenvalue weighted by Crippen LogP contribution is 2.56. The first-order valence-electron chi connectivity index (χ1n) is 7.90. The van der Waals surface area contributed by atoms with Crippen molar-refractivity contribution in [1.29, 1.82) is 0 Å². The molecule has 0 aliphatic heterocycles. The van der Waals surface area contributed by atoms with Crippen LogP contribution in [0.4, 0.5) is 61.5 Å². The zero-order valence-corrected chi connectivity index (χ0v) is 15.1. The molecule has 31 heavy (non-hydrogen) atoms. The standard InChI is InChI=1S/C16H11F14O/c1-6(2)10(31)8-4-3-7(11(17,18)13(21,22)15(25,26)27)5-9(8)12(19,20)14(23,24)16(28,29)30/h3-6,10H,1-2H3. The maximum absolute atomic E-state index is 14.1. The van der Waals surface area contributed by atoms with Gasteiger partial charge in [0.15, 0.2) is 0 Å². The van der Waals surface area contributed by atoms with Gasteiger partial charge in [-0.05, 0) is 17.5 Å². The second-order valence-corrected chi connectivity index (χ2v) is 6.76. The van der Waals surface area contributed by atoms with Crippen LogP contribution in [0.2, 0.25) is 0 Å². The van der Waals surface area contributed by atoms with Crippen molar-refractivity contribution in [2.45, 2.75) is 56.0 Å². The van der Waals surface area contributed by atoms with Gasteiger partial charge in [-0.25, -0.2) is 5.11 Å². The molecule has 1 atom stereocenters. The lowest BCUT2D eigenvalue weighted by Crippen LogP contribution is -2.51. The molecule has 0 fully saturated rings. The van der Waals surface area contributed by atoms with E-state index in [-0.39, 0.29) is 12.1 Å². The monoisotopic (exact) mass is 485 g/mol. The molecule has 1 rings (SSSR count).